The number of aromatic hydroxyl groups is 2. The summed E-state index contributed by atoms with van der Waals surface area (Å²) in [7, 11) is 1.61. The van der Waals surface area contributed by atoms with Gasteiger partial charge in [-0.05, 0) is 60.4 Å². The van der Waals surface area contributed by atoms with Crippen LogP contribution in [0.25, 0.3) is 6.08 Å². The van der Waals surface area contributed by atoms with E-state index in [1.807, 2.05) is 6.07 Å². The van der Waals surface area contributed by atoms with Crippen LogP contribution in [0.3, 0.4) is 0 Å². The van der Waals surface area contributed by atoms with E-state index in [-0.39, 0.29) is 17.3 Å². The van der Waals surface area contributed by atoms with Gasteiger partial charge in [-0.15, -0.1) is 0 Å². The average Bonchev–Trinajstić information content (AvgIpc) is 2.53. The van der Waals surface area contributed by atoms with Crippen molar-refractivity contribution >= 4 is 11.9 Å². The first-order valence-corrected chi connectivity index (χ1v) is 7.02. The topological polar surface area (TPSA) is 66.8 Å². The number of ether oxygens (including phenoxy) is 1. The number of Topliss-reactive ketones (excluding diaryl/α,β-unsaturated/α-hetero) is 1. The zero-order chi connectivity index (χ0) is 15.7. The first-order chi connectivity index (χ1) is 10.6. The molecule has 2 N–H and O–H groups in total. The number of benzene rings is 2. The van der Waals surface area contributed by atoms with Crippen LogP contribution < -0.4 is 4.74 Å². The van der Waals surface area contributed by atoms with Crippen molar-refractivity contribution in [3.8, 4) is 17.2 Å². The number of carbonyl (C=O) groups is 1. The van der Waals surface area contributed by atoms with Crippen LogP contribution in [0, 0.1) is 0 Å². The SMILES string of the molecule is COc1ccc2c(c1)CC/C(=C\c1ccc(O)c(O)c1)C2=O. The number of methoxy groups -OCH3 is 1. The molecular weight excluding hydrogens is 280 g/mol. The van der Waals surface area contributed by atoms with Gasteiger partial charge in [0.1, 0.15) is 5.75 Å². The second kappa shape index (κ2) is 5.56. The van der Waals surface area contributed by atoms with Gasteiger partial charge in [0.05, 0.1) is 7.11 Å². The number of hydrogen-bond acceptors (Lipinski definition) is 4. The lowest BCUT2D eigenvalue weighted by Gasteiger charge is -2.18. The third kappa shape index (κ3) is 2.55. The van der Waals surface area contributed by atoms with Gasteiger partial charge in [-0.25, -0.2) is 0 Å². The number of ketones is 1. The monoisotopic (exact) mass is 296 g/mol. The molecule has 0 spiro atoms. The maximum absolute atomic E-state index is 12.6. The lowest BCUT2D eigenvalue weighted by Crippen LogP contribution is -2.14. The summed E-state index contributed by atoms with van der Waals surface area (Å²) in [6.45, 7) is 0. The third-order valence-corrected chi connectivity index (χ3v) is 3.85. The largest absolute Gasteiger partial charge is 0.504 e. The molecule has 0 fully saturated rings. The van der Waals surface area contributed by atoms with Crippen molar-refractivity contribution in [3.05, 3.63) is 58.7 Å². The molecule has 3 rings (SSSR count). The zero-order valence-electron chi connectivity index (χ0n) is 12.2. The molecule has 0 atom stereocenters. The van der Waals surface area contributed by atoms with Gasteiger partial charge in [0.25, 0.3) is 0 Å². The molecule has 22 heavy (non-hydrogen) atoms. The predicted octanol–water partition coefficient (Wildman–Crippen LogP) is 3.32. The number of hydrogen-bond donors (Lipinski definition) is 2. The van der Waals surface area contributed by atoms with Crippen LogP contribution in [-0.2, 0) is 6.42 Å². The highest BCUT2D eigenvalue weighted by Crippen LogP contribution is 2.31. The van der Waals surface area contributed by atoms with Gasteiger partial charge in [-0.3, -0.25) is 4.79 Å². The van der Waals surface area contributed by atoms with Crippen molar-refractivity contribution < 1.29 is 19.7 Å². The van der Waals surface area contributed by atoms with E-state index in [9.17, 15) is 15.0 Å². The van der Waals surface area contributed by atoms with Gasteiger partial charge >= 0.3 is 0 Å². The molecule has 1 aliphatic carbocycles. The second-order valence-corrected chi connectivity index (χ2v) is 5.27. The Morgan fingerprint density at radius 3 is 2.59 bits per heavy atom. The first-order valence-electron chi connectivity index (χ1n) is 7.02. The summed E-state index contributed by atoms with van der Waals surface area (Å²) in [6, 6.07) is 9.99. The lowest BCUT2D eigenvalue weighted by atomic mass is 9.86. The summed E-state index contributed by atoms with van der Waals surface area (Å²) >= 11 is 0. The summed E-state index contributed by atoms with van der Waals surface area (Å²) in [4.78, 5) is 12.6. The lowest BCUT2D eigenvalue weighted by molar-refractivity contribution is 0.102. The van der Waals surface area contributed by atoms with Gasteiger partial charge in [0, 0.05) is 11.1 Å². The molecule has 0 radical (unpaired) electrons. The van der Waals surface area contributed by atoms with Crippen molar-refractivity contribution in [2.45, 2.75) is 12.8 Å². The molecule has 2 aromatic rings. The number of allylic oxidation sites excluding steroid dienone is 1. The van der Waals surface area contributed by atoms with Gasteiger partial charge in [-0.1, -0.05) is 6.07 Å². The summed E-state index contributed by atoms with van der Waals surface area (Å²) in [5.41, 5.74) is 3.08. The Hall–Kier alpha value is -2.75. The van der Waals surface area contributed by atoms with Gasteiger partial charge in [-0.2, -0.15) is 0 Å². The van der Waals surface area contributed by atoms with Crippen molar-refractivity contribution in [1.82, 2.24) is 0 Å². The van der Waals surface area contributed by atoms with E-state index in [1.165, 1.54) is 12.1 Å². The van der Waals surface area contributed by atoms with E-state index in [4.69, 9.17) is 4.74 Å². The standard InChI is InChI=1S/C18H16O4/c1-22-14-5-6-15-12(10-14)3-4-13(18(15)21)8-11-2-7-16(19)17(20)9-11/h2,5-10,19-20H,3-4H2,1H3/b13-8+. The van der Waals surface area contributed by atoms with Crippen LogP contribution in [0.15, 0.2) is 42.0 Å². The molecule has 0 saturated carbocycles. The summed E-state index contributed by atoms with van der Waals surface area (Å²) in [5, 5.41) is 18.9. The molecule has 4 nitrogen and oxygen atoms in total. The normalized spacial score (nSPS) is 15.7. The molecule has 112 valence electrons. The minimum absolute atomic E-state index is 0.00327. The van der Waals surface area contributed by atoms with Crippen molar-refractivity contribution in [1.29, 1.82) is 0 Å². The van der Waals surface area contributed by atoms with Crippen LogP contribution in [0.1, 0.15) is 27.9 Å². The van der Waals surface area contributed by atoms with Crippen LogP contribution in [0.4, 0.5) is 0 Å². The molecule has 1 aliphatic rings. The van der Waals surface area contributed by atoms with Crippen molar-refractivity contribution in [2.24, 2.45) is 0 Å². The van der Waals surface area contributed by atoms with Crippen LogP contribution in [-0.4, -0.2) is 23.1 Å². The fourth-order valence-electron chi connectivity index (χ4n) is 2.65. The summed E-state index contributed by atoms with van der Waals surface area (Å²) < 4.78 is 5.18. The number of phenolic OH excluding ortho intramolecular Hbond substituents is 2. The number of phenols is 2. The third-order valence-electron chi connectivity index (χ3n) is 3.85. The average molecular weight is 296 g/mol. The van der Waals surface area contributed by atoms with Crippen LogP contribution in [0.2, 0.25) is 0 Å². The molecule has 0 bridgehead atoms. The molecule has 0 unspecified atom stereocenters. The highest BCUT2D eigenvalue weighted by atomic mass is 16.5. The van der Waals surface area contributed by atoms with Crippen molar-refractivity contribution in [3.63, 3.8) is 0 Å². The summed E-state index contributed by atoms with van der Waals surface area (Å²) in [5.74, 6) is 0.385. The molecule has 0 heterocycles. The Morgan fingerprint density at radius 1 is 1.05 bits per heavy atom. The summed E-state index contributed by atoms with van der Waals surface area (Å²) in [6.07, 6.45) is 3.17. The van der Waals surface area contributed by atoms with Gasteiger partial charge in [0.2, 0.25) is 0 Å². The van der Waals surface area contributed by atoms with E-state index < -0.39 is 0 Å². The zero-order valence-corrected chi connectivity index (χ0v) is 12.2. The number of rotatable bonds is 2. The van der Waals surface area contributed by atoms with Gasteiger partial charge < -0.3 is 14.9 Å². The van der Waals surface area contributed by atoms with Crippen molar-refractivity contribution in [2.75, 3.05) is 7.11 Å². The van der Waals surface area contributed by atoms with E-state index in [0.717, 1.165) is 17.7 Å². The predicted molar refractivity (Wildman–Crippen MR) is 83.4 cm³/mol. The Labute approximate surface area is 128 Å². The van der Waals surface area contributed by atoms with E-state index in [0.29, 0.717) is 23.1 Å². The molecule has 4 heteroatoms. The molecule has 0 aromatic heterocycles. The fourth-order valence-corrected chi connectivity index (χ4v) is 2.65. The maximum atomic E-state index is 12.6. The Balaban J connectivity index is 1.95. The number of carbonyl (C=O) groups excluding carboxylic acids is 1. The number of aryl methyl sites for hydroxylation is 1. The van der Waals surface area contributed by atoms with Crippen LogP contribution >= 0.6 is 0 Å². The molecule has 0 saturated heterocycles. The highest BCUT2D eigenvalue weighted by molar-refractivity contribution is 6.13. The smallest absolute Gasteiger partial charge is 0.189 e. The van der Waals surface area contributed by atoms with E-state index in [2.05, 4.69) is 0 Å². The fraction of sp³-hybridized carbons (Fsp3) is 0.167. The van der Waals surface area contributed by atoms with E-state index >= 15 is 0 Å². The first kappa shape index (κ1) is 14.2. The second-order valence-electron chi connectivity index (χ2n) is 5.27. The Kier molecular flexibility index (Phi) is 3.59. The molecular formula is C18H16O4. The Bertz CT molecular complexity index is 775. The Morgan fingerprint density at radius 2 is 1.86 bits per heavy atom. The molecule has 0 amide bonds. The quantitative estimate of drug-likeness (QED) is 0.659. The highest BCUT2D eigenvalue weighted by Gasteiger charge is 2.22. The maximum Gasteiger partial charge on any atom is 0.189 e. The molecule has 2 aromatic carbocycles. The van der Waals surface area contributed by atoms with Crippen LogP contribution in [0.5, 0.6) is 17.2 Å². The van der Waals surface area contributed by atoms with Gasteiger partial charge in [0.15, 0.2) is 17.3 Å². The number of fused-ring (bicyclic) bond motifs is 1. The minimum atomic E-state index is -0.192. The minimum Gasteiger partial charge on any atom is -0.504 e. The van der Waals surface area contributed by atoms with E-state index in [1.54, 1.807) is 31.4 Å². The molecule has 0 aliphatic heterocycles.